The van der Waals surface area contributed by atoms with Crippen molar-refractivity contribution in [3.63, 3.8) is 0 Å². The van der Waals surface area contributed by atoms with Gasteiger partial charge >= 0.3 is 0 Å². The van der Waals surface area contributed by atoms with Crippen molar-refractivity contribution in [2.45, 2.75) is 37.8 Å². The molecule has 0 aliphatic heterocycles. The van der Waals surface area contributed by atoms with Crippen LogP contribution in [0.3, 0.4) is 0 Å². The topological polar surface area (TPSA) is 96.0 Å². The fourth-order valence-electron chi connectivity index (χ4n) is 4.05. The standard InChI is InChI=1S/C28H32ClN3O5S/c1-5-26(28(34)30-3)31(18-21-8-6-11-24(16-21)37-4)27(33)19-32(23-10-7-9-22(29)17-23)38(35,36)25-14-12-20(2)13-15-25/h6-17,26H,5,18-19H2,1-4H3,(H,30,34). The van der Waals surface area contributed by atoms with Gasteiger partial charge in [0.2, 0.25) is 11.8 Å². The molecule has 3 aromatic rings. The number of carbonyl (C=O) groups excluding carboxylic acids is 2. The lowest BCUT2D eigenvalue weighted by Gasteiger charge is -2.33. The minimum atomic E-state index is -4.15. The highest BCUT2D eigenvalue weighted by Crippen LogP contribution is 2.27. The number of sulfonamides is 1. The van der Waals surface area contributed by atoms with Crippen LogP contribution >= 0.6 is 11.6 Å². The number of nitrogens with one attached hydrogen (secondary N) is 1. The number of ether oxygens (including phenoxy) is 1. The molecule has 2 amide bonds. The van der Waals surface area contributed by atoms with Crippen LogP contribution in [0.25, 0.3) is 0 Å². The van der Waals surface area contributed by atoms with E-state index in [0.29, 0.717) is 17.2 Å². The number of amides is 2. The average molecular weight is 558 g/mol. The summed E-state index contributed by atoms with van der Waals surface area (Å²) in [5.74, 6) is -0.288. The number of nitrogens with zero attached hydrogens (tertiary/aromatic N) is 2. The second kappa shape index (κ2) is 12.8. The van der Waals surface area contributed by atoms with Crippen molar-refractivity contribution in [1.29, 1.82) is 0 Å². The second-order valence-corrected chi connectivity index (χ2v) is 11.0. The zero-order chi connectivity index (χ0) is 27.9. The van der Waals surface area contributed by atoms with Gasteiger partial charge in [0.1, 0.15) is 18.3 Å². The van der Waals surface area contributed by atoms with E-state index in [9.17, 15) is 18.0 Å². The third-order valence-electron chi connectivity index (χ3n) is 6.10. The van der Waals surface area contributed by atoms with Gasteiger partial charge in [-0.1, -0.05) is 54.4 Å². The lowest BCUT2D eigenvalue weighted by Crippen LogP contribution is -2.51. The van der Waals surface area contributed by atoms with Crippen molar-refractivity contribution >= 4 is 39.1 Å². The van der Waals surface area contributed by atoms with E-state index in [1.165, 1.54) is 30.1 Å². The molecule has 0 aromatic heterocycles. The summed E-state index contributed by atoms with van der Waals surface area (Å²) in [7, 11) is -1.11. The second-order valence-electron chi connectivity index (χ2n) is 8.72. The molecular formula is C28H32ClN3O5S. The highest BCUT2D eigenvalue weighted by atomic mass is 35.5. The van der Waals surface area contributed by atoms with Gasteiger partial charge in [-0.3, -0.25) is 13.9 Å². The molecule has 1 unspecified atom stereocenters. The number of likely N-dealkylation sites (N-methyl/N-ethyl adjacent to an activating group) is 1. The van der Waals surface area contributed by atoms with Gasteiger partial charge in [-0.2, -0.15) is 0 Å². The number of benzene rings is 3. The molecule has 3 rings (SSSR count). The Kier molecular flexibility index (Phi) is 9.77. The number of rotatable bonds is 11. The minimum absolute atomic E-state index is 0.0357. The number of hydrogen-bond acceptors (Lipinski definition) is 5. The Morgan fingerprint density at radius 1 is 1.03 bits per heavy atom. The molecule has 0 bridgehead atoms. The Labute approximate surface area is 229 Å². The Hall–Kier alpha value is -3.56. The molecule has 1 N–H and O–H groups in total. The van der Waals surface area contributed by atoms with Crippen LogP contribution in [0.4, 0.5) is 5.69 Å². The first-order valence-corrected chi connectivity index (χ1v) is 13.9. The molecule has 38 heavy (non-hydrogen) atoms. The summed E-state index contributed by atoms with van der Waals surface area (Å²) in [6, 6.07) is 19.0. The van der Waals surface area contributed by atoms with E-state index in [1.54, 1.807) is 62.6 Å². The fraction of sp³-hybridized carbons (Fsp3) is 0.286. The summed E-state index contributed by atoms with van der Waals surface area (Å²) < 4.78 is 33.9. The third kappa shape index (κ3) is 6.85. The van der Waals surface area contributed by atoms with Crippen LogP contribution in [0.15, 0.2) is 77.7 Å². The number of anilines is 1. The lowest BCUT2D eigenvalue weighted by molar-refractivity contribution is -0.140. The van der Waals surface area contributed by atoms with Crippen molar-refractivity contribution < 1.29 is 22.7 Å². The zero-order valence-electron chi connectivity index (χ0n) is 21.8. The predicted octanol–water partition coefficient (Wildman–Crippen LogP) is 4.41. The van der Waals surface area contributed by atoms with Gasteiger partial charge in [0.25, 0.3) is 10.0 Å². The van der Waals surface area contributed by atoms with E-state index in [2.05, 4.69) is 5.32 Å². The number of carbonyl (C=O) groups is 2. The smallest absolute Gasteiger partial charge is 0.264 e. The van der Waals surface area contributed by atoms with Crippen LogP contribution in [0.1, 0.15) is 24.5 Å². The molecule has 0 aliphatic carbocycles. The van der Waals surface area contributed by atoms with Crippen molar-refractivity contribution in [2.24, 2.45) is 0 Å². The van der Waals surface area contributed by atoms with E-state index in [-0.39, 0.29) is 23.0 Å². The quantitative estimate of drug-likeness (QED) is 0.377. The molecule has 0 spiro atoms. The van der Waals surface area contributed by atoms with E-state index >= 15 is 0 Å². The zero-order valence-corrected chi connectivity index (χ0v) is 23.4. The van der Waals surface area contributed by atoms with Crippen molar-refractivity contribution in [1.82, 2.24) is 10.2 Å². The van der Waals surface area contributed by atoms with Gasteiger partial charge in [0, 0.05) is 18.6 Å². The first kappa shape index (κ1) is 29.0. The minimum Gasteiger partial charge on any atom is -0.497 e. The van der Waals surface area contributed by atoms with Crippen LogP contribution in [-0.4, -0.2) is 51.9 Å². The van der Waals surface area contributed by atoms with Crippen LogP contribution in [0.5, 0.6) is 5.75 Å². The average Bonchev–Trinajstić information content (AvgIpc) is 2.91. The first-order valence-electron chi connectivity index (χ1n) is 12.1. The number of methoxy groups -OCH3 is 1. The summed E-state index contributed by atoms with van der Waals surface area (Å²) in [5, 5.41) is 2.93. The molecule has 0 saturated carbocycles. The van der Waals surface area contributed by atoms with E-state index in [4.69, 9.17) is 16.3 Å². The molecule has 3 aromatic carbocycles. The molecule has 0 radical (unpaired) electrons. The normalized spacial score (nSPS) is 11.9. The van der Waals surface area contributed by atoms with Crippen LogP contribution < -0.4 is 14.4 Å². The summed E-state index contributed by atoms with van der Waals surface area (Å²) in [6.07, 6.45) is 0.331. The fourth-order valence-corrected chi connectivity index (χ4v) is 5.64. The maximum Gasteiger partial charge on any atom is 0.264 e. The SMILES string of the molecule is CCC(C(=O)NC)N(Cc1cccc(OC)c1)C(=O)CN(c1cccc(Cl)c1)S(=O)(=O)c1ccc(C)cc1. The highest BCUT2D eigenvalue weighted by molar-refractivity contribution is 7.92. The largest absolute Gasteiger partial charge is 0.497 e. The molecule has 202 valence electrons. The summed E-state index contributed by atoms with van der Waals surface area (Å²) in [6.45, 7) is 3.20. The van der Waals surface area contributed by atoms with Crippen LogP contribution in [-0.2, 0) is 26.2 Å². The van der Waals surface area contributed by atoms with Gasteiger partial charge in [0.05, 0.1) is 17.7 Å². The van der Waals surface area contributed by atoms with Crippen LogP contribution in [0, 0.1) is 6.92 Å². The molecular weight excluding hydrogens is 526 g/mol. The predicted molar refractivity (Wildman–Crippen MR) is 149 cm³/mol. The third-order valence-corrected chi connectivity index (χ3v) is 8.13. The Balaban J connectivity index is 2.06. The molecule has 0 fully saturated rings. The molecule has 0 saturated heterocycles. The molecule has 10 heteroatoms. The van der Waals surface area contributed by atoms with Crippen molar-refractivity contribution in [2.75, 3.05) is 25.0 Å². The molecule has 0 aliphatic rings. The van der Waals surface area contributed by atoms with E-state index < -0.39 is 28.5 Å². The van der Waals surface area contributed by atoms with Gasteiger partial charge in [-0.05, 0) is 61.4 Å². The van der Waals surface area contributed by atoms with Gasteiger partial charge in [-0.25, -0.2) is 8.42 Å². The van der Waals surface area contributed by atoms with Gasteiger partial charge < -0.3 is 15.0 Å². The Morgan fingerprint density at radius 2 is 1.71 bits per heavy atom. The van der Waals surface area contributed by atoms with Gasteiger partial charge in [-0.15, -0.1) is 0 Å². The van der Waals surface area contributed by atoms with Crippen molar-refractivity contribution in [3.05, 3.63) is 88.9 Å². The maximum atomic E-state index is 13.9. The molecule has 1 atom stereocenters. The van der Waals surface area contributed by atoms with E-state index in [0.717, 1.165) is 15.4 Å². The lowest BCUT2D eigenvalue weighted by atomic mass is 10.1. The van der Waals surface area contributed by atoms with Gasteiger partial charge in [0.15, 0.2) is 0 Å². The Bertz CT molecular complexity index is 1380. The van der Waals surface area contributed by atoms with Crippen LogP contribution in [0.2, 0.25) is 5.02 Å². The molecule has 0 heterocycles. The number of aryl methyl sites for hydroxylation is 1. The molecule has 8 nitrogen and oxygen atoms in total. The summed E-state index contributed by atoms with van der Waals surface area (Å²) in [5.41, 5.74) is 1.87. The Morgan fingerprint density at radius 3 is 2.32 bits per heavy atom. The highest BCUT2D eigenvalue weighted by Gasteiger charge is 2.33. The van der Waals surface area contributed by atoms with Crippen molar-refractivity contribution in [3.8, 4) is 5.75 Å². The summed E-state index contributed by atoms with van der Waals surface area (Å²) >= 11 is 6.19. The van der Waals surface area contributed by atoms with E-state index in [1.807, 2.05) is 13.0 Å². The number of halogens is 1. The summed E-state index contributed by atoms with van der Waals surface area (Å²) in [4.78, 5) is 28.1. The monoisotopic (exact) mass is 557 g/mol. The maximum absolute atomic E-state index is 13.9. The first-order chi connectivity index (χ1) is 18.1. The number of hydrogen-bond donors (Lipinski definition) is 1.